The lowest BCUT2D eigenvalue weighted by molar-refractivity contribution is -0.133. The fraction of sp³-hybridized carbons (Fsp3) is 0.378. The molecule has 0 bridgehead atoms. The van der Waals surface area contributed by atoms with Crippen LogP contribution in [0.1, 0.15) is 35.0 Å². The minimum atomic E-state index is -3.45. The molecule has 298 valence electrons. The van der Waals surface area contributed by atoms with Crippen LogP contribution in [0.2, 0.25) is 0 Å². The molecule has 5 rings (SSSR count). The molecule has 18 heteroatoms. The minimum Gasteiger partial charge on any atom is -0.497 e. The van der Waals surface area contributed by atoms with Crippen molar-refractivity contribution in [2.75, 3.05) is 74.2 Å². The van der Waals surface area contributed by atoms with Crippen LogP contribution in [0.15, 0.2) is 71.5 Å². The van der Waals surface area contributed by atoms with Gasteiger partial charge in [0.2, 0.25) is 5.91 Å². The van der Waals surface area contributed by atoms with Crippen LogP contribution >= 0.6 is 0 Å². The van der Waals surface area contributed by atoms with Gasteiger partial charge in [0.1, 0.15) is 33.2 Å². The van der Waals surface area contributed by atoms with Crippen LogP contribution < -0.4 is 35.6 Å². The Labute approximate surface area is 320 Å². The largest absolute Gasteiger partial charge is 0.497 e. The number of carbonyl (C=O) groups excluding carboxylic acids is 3. The van der Waals surface area contributed by atoms with E-state index in [0.717, 1.165) is 6.26 Å². The molecule has 55 heavy (non-hydrogen) atoms. The summed E-state index contributed by atoms with van der Waals surface area (Å²) in [4.78, 5) is 62.4. The average Bonchev–Trinajstić information content (AvgIpc) is 3.17. The Morgan fingerprint density at radius 2 is 1.69 bits per heavy atom. The van der Waals surface area contributed by atoms with Crippen LogP contribution in [0, 0.1) is 5.82 Å². The van der Waals surface area contributed by atoms with Gasteiger partial charge in [-0.05, 0) is 68.8 Å². The van der Waals surface area contributed by atoms with Crippen LogP contribution in [0.5, 0.6) is 11.5 Å². The van der Waals surface area contributed by atoms with Gasteiger partial charge >= 0.3 is 12.1 Å². The number of fused-ring (bicyclic) bond motifs is 1. The number of hydrogen-bond donors (Lipinski definition) is 2. The molecule has 2 N–H and O–H groups in total. The lowest BCUT2D eigenvalue weighted by atomic mass is 10.1. The summed E-state index contributed by atoms with van der Waals surface area (Å²) in [5, 5.41) is 7.33. The summed E-state index contributed by atoms with van der Waals surface area (Å²) in [7, 11) is -0.515. The second-order valence-electron chi connectivity index (χ2n) is 12.7. The van der Waals surface area contributed by atoms with E-state index in [4.69, 9.17) is 19.2 Å². The van der Waals surface area contributed by atoms with Crippen LogP contribution in [0.25, 0.3) is 10.9 Å². The first kappa shape index (κ1) is 40.3. The van der Waals surface area contributed by atoms with Gasteiger partial charge in [0.25, 0.3) is 5.56 Å². The number of sulfone groups is 1. The van der Waals surface area contributed by atoms with Crippen molar-refractivity contribution in [3.63, 3.8) is 0 Å². The second kappa shape index (κ2) is 17.5. The van der Waals surface area contributed by atoms with E-state index in [1.54, 1.807) is 61.3 Å². The van der Waals surface area contributed by atoms with Crippen molar-refractivity contribution in [1.82, 2.24) is 19.9 Å². The van der Waals surface area contributed by atoms with E-state index in [1.165, 1.54) is 53.0 Å². The van der Waals surface area contributed by atoms with E-state index in [0.29, 0.717) is 28.0 Å². The van der Waals surface area contributed by atoms with Gasteiger partial charge < -0.3 is 34.8 Å². The fourth-order valence-electron chi connectivity index (χ4n) is 6.24. The maximum Gasteiger partial charge on any atom is 0.407 e. The van der Waals surface area contributed by atoms with Crippen molar-refractivity contribution in [3.05, 3.63) is 88.7 Å². The molecule has 1 aromatic heterocycles. The molecule has 0 spiro atoms. The summed E-state index contributed by atoms with van der Waals surface area (Å²) >= 11 is 0. The van der Waals surface area contributed by atoms with Gasteiger partial charge in [-0.15, -0.1) is 0 Å². The summed E-state index contributed by atoms with van der Waals surface area (Å²) in [6.07, 6.45) is 0.0443. The number of halogens is 1. The highest BCUT2D eigenvalue weighted by atomic mass is 32.2. The van der Waals surface area contributed by atoms with Crippen LogP contribution in [0.4, 0.5) is 25.4 Å². The maximum atomic E-state index is 14.4. The topological polar surface area (TPSA) is 182 Å². The molecule has 16 nitrogen and oxygen atoms in total. The summed E-state index contributed by atoms with van der Waals surface area (Å²) in [5.41, 5.74) is 0.601. The Morgan fingerprint density at radius 1 is 1.00 bits per heavy atom. The van der Waals surface area contributed by atoms with E-state index in [2.05, 4.69) is 10.6 Å². The van der Waals surface area contributed by atoms with Gasteiger partial charge in [0.05, 0.1) is 62.3 Å². The summed E-state index contributed by atoms with van der Waals surface area (Å²) in [5.74, 6) is -0.375. The zero-order valence-corrected chi connectivity index (χ0v) is 32.0. The molecule has 2 atom stereocenters. The molecular formula is C37H48FN7O9S. The van der Waals surface area contributed by atoms with Gasteiger partial charge in [-0.3, -0.25) is 14.5 Å². The predicted molar refractivity (Wildman–Crippen MR) is 209 cm³/mol. The number of aromatic nitrogens is 2. The first-order valence-corrected chi connectivity index (χ1v) is 19.5. The Morgan fingerprint density at radius 3 is 2.33 bits per heavy atom. The quantitative estimate of drug-likeness (QED) is 0.199. The van der Waals surface area contributed by atoms with Crippen LogP contribution in [-0.4, -0.2) is 106 Å². The molecule has 1 fully saturated rings. The highest BCUT2D eigenvalue weighted by molar-refractivity contribution is 7.90. The molecule has 0 aliphatic carbocycles. The number of nitrogens with one attached hydrogen (secondary N) is 2. The highest BCUT2D eigenvalue weighted by Crippen LogP contribution is 2.37. The first-order valence-electron chi connectivity index (χ1n) is 17.5. The number of urea groups is 1. The summed E-state index contributed by atoms with van der Waals surface area (Å²) in [6, 6.07) is 14.2. The number of methoxy groups -OCH3 is 2. The molecule has 0 saturated carbocycles. The summed E-state index contributed by atoms with van der Waals surface area (Å²) in [6.45, 7) is 3.85. The number of rotatable bonds is 13. The monoisotopic (exact) mass is 785 g/mol. The molecule has 1 saturated heterocycles. The predicted octanol–water partition coefficient (Wildman–Crippen LogP) is 4.17. The van der Waals surface area contributed by atoms with E-state index in [9.17, 15) is 32.0 Å². The molecule has 1 aliphatic rings. The molecule has 1 unspecified atom stereocenters. The Balaban J connectivity index is 0.00000435. The Hall–Kier alpha value is -5.91. The number of amides is 4. The van der Waals surface area contributed by atoms with Crippen molar-refractivity contribution >= 4 is 50.1 Å². The number of alkyl carbamates (subject to hydrolysis) is 1. The van der Waals surface area contributed by atoms with Gasteiger partial charge in [-0.2, -0.15) is 0 Å². The van der Waals surface area contributed by atoms with E-state index in [1.807, 2.05) is 0 Å². The molecule has 4 aromatic rings. The molecule has 2 heterocycles. The van der Waals surface area contributed by atoms with Gasteiger partial charge in [0.15, 0.2) is 5.82 Å². The molecule has 4 amide bonds. The normalized spacial score (nSPS) is 14.1. The number of anilines is 2. The number of nitrogens with zero attached hydrogens (tertiary/aromatic N) is 5. The number of piperazine rings is 1. The average molecular weight is 786 g/mol. The lowest BCUT2D eigenvalue weighted by Crippen LogP contribution is -2.59. The van der Waals surface area contributed by atoms with Crippen molar-refractivity contribution in [2.24, 2.45) is 0 Å². The number of ether oxygens (including phenoxy) is 3. The molecule has 1 aliphatic heterocycles. The van der Waals surface area contributed by atoms with Gasteiger partial charge in [-0.1, -0.05) is 12.1 Å². The minimum absolute atomic E-state index is 0. The zero-order valence-electron chi connectivity index (χ0n) is 31.2. The zero-order chi connectivity index (χ0) is 39.9. The molecular weight excluding hydrogens is 738 g/mol. The first-order chi connectivity index (χ1) is 26.2. The number of carbonyl (C=O) groups is 3. The maximum absolute atomic E-state index is 14.4. The van der Waals surface area contributed by atoms with E-state index in [-0.39, 0.29) is 59.4 Å². The lowest BCUT2D eigenvalue weighted by Gasteiger charge is -2.40. The Kier molecular flexibility index (Phi) is 12.8. The number of benzene rings is 3. The highest BCUT2D eigenvalue weighted by Gasteiger charge is 2.34. The van der Waals surface area contributed by atoms with E-state index >= 15 is 0 Å². The Bertz CT molecular complexity index is 2210. The third kappa shape index (κ3) is 9.61. The SMILES string of the molecule is CCOC(=O)N[C@@H](CCS(C)(=O)=O)C(=O)N1CCN(n2c(C(C)N(C(=O)Nc3ccc(F)cc3)c3ccc(OC)cc3OC)nc3ccccc3c2=O)CC1.[HH].[HH]. The van der Waals surface area contributed by atoms with Crippen molar-refractivity contribution in [2.45, 2.75) is 32.4 Å². The van der Waals surface area contributed by atoms with Gasteiger partial charge in [-0.25, -0.2) is 32.1 Å². The van der Waals surface area contributed by atoms with Crippen molar-refractivity contribution in [3.8, 4) is 11.5 Å². The standard InChI is InChI=1S/C37H44FN7O9S.2H2/c1-6-54-37(49)41-30(17-22-55(5,50)51)35(47)42-18-20-43(21-19-42)45-33(40-29-10-8-7-9-28(29)34(45)46)24(2)44(31-16-15-27(52-3)23-32(31)53-4)36(48)39-26-13-11-25(38)12-14-26;;/h7-16,23-24,30H,6,17-22H2,1-5H3,(H,39,48)(H,41,49);2*1H/t24?,30-;;/m0../s1. The smallest absolute Gasteiger partial charge is 0.407 e. The van der Waals surface area contributed by atoms with Crippen LogP contribution in [0.3, 0.4) is 0 Å². The fourth-order valence-corrected chi connectivity index (χ4v) is 6.90. The number of hydrogen-bond acceptors (Lipinski definition) is 11. The van der Waals surface area contributed by atoms with Gasteiger partial charge in [0, 0.05) is 34.0 Å². The third-order valence-corrected chi connectivity index (χ3v) is 9.97. The van der Waals surface area contributed by atoms with Crippen molar-refractivity contribution < 1.29 is 44.3 Å². The van der Waals surface area contributed by atoms with Crippen LogP contribution in [-0.2, 0) is 19.4 Å². The summed E-state index contributed by atoms with van der Waals surface area (Å²) < 4.78 is 55.1. The second-order valence-corrected chi connectivity index (χ2v) is 15.0. The molecule has 3 aromatic carbocycles. The van der Waals surface area contributed by atoms with Crippen molar-refractivity contribution in [1.29, 1.82) is 0 Å². The third-order valence-electron chi connectivity index (χ3n) is 8.99. The number of para-hydroxylation sites is 1. The molecule has 0 radical (unpaired) electrons. The van der Waals surface area contributed by atoms with E-state index < -0.39 is 51.3 Å².